The van der Waals surface area contributed by atoms with Gasteiger partial charge in [-0.05, 0) is 45.1 Å². The number of carbonyl (C=O) groups excluding carboxylic acids is 1. The van der Waals surface area contributed by atoms with Gasteiger partial charge < -0.3 is 14.9 Å². The Hall–Kier alpha value is -1.07. The van der Waals surface area contributed by atoms with Gasteiger partial charge in [0, 0.05) is 23.6 Å². The molecule has 1 unspecified atom stereocenters. The van der Waals surface area contributed by atoms with Gasteiger partial charge in [-0.15, -0.1) is 0 Å². The summed E-state index contributed by atoms with van der Waals surface area (Å²) in [6, 6.07) is 5.16. The quantitative estimate of drug-likeness (QED) is 0.861. The molecule has 0 aliphatic carbocycles. The van der Waals surface area contributed by atoms with Gasteiger partial charge in [0.05, 0.1) is 5.56 Å². The number of amides is 1. The van der Waals surface area contributed by atoms with Gasteiger partial charge in [0.1, 0.15) is 5.75 Å². The van der Waals surface area contributed by atoms with Crippen molar-refractivity contribution in [1.29, 1.82) is 0 Å². The molecule has 0 bridgehead atoms. The van der Waals surface area contributed by atoms with Gasteiger partial charge in [0.15, 0.2) is 0 Å². The molecule has 1 atom stereocenters. The maximum absolute atomic E-state index is 12.5. The van der Waals surface area contributed by atoms with Crippen LogP contribution in [0.1, 0.15) is 23.7 Å². The van der Waals surface area contributed by atoms with E-state index in [4.69, 9.17) is 0 Å². The Morgan fingerprint density at radius 3 is 2.84 bits per heavy atom. The second-order valence-corrected chi connectivity index (χ2v) is 6.04. The van der Waals surface area contributed by atoms with E-state index in [1.165, 1.54) is 0 Å². The molecule has 4 nitrogen and oxygen atoms in total. The number of rotatable bonds is 1. The minimum absolute atomic E-state index is 0.0316. The van der Waals surface area contributed by atoms with Crippen molar-refractivity contribution in [1.82, 2.24) is 9.80 Å². The Bertz CT molecular complexity index is 479. The number of halogens is 1. The summed E-state index contributed by atoms with van der Waals surface area (Å²) < 4.78 is 0.769. The van der Waals surface area contributed by atoms with Gasteiger partial charge in [-0.25, -0.2) is 0 Å². The summed E-state index contributed by atoms with van der Waals surface area (Å²) in [7, 11) is 2.07. The predicted molar refractivity (Wildman–Crippen MR) is 78.4 cm³/mol. The molecule has 2 rings (SSSR count). The molecule has 19 heavy (non-hydrogen) atoms. The maximum Gasteiger partial charge on any atom is 0.257 e. The van der Waals surface area contributed by atoms with Gasteiger partial charge in [-0.3, -0.25) is 4.79 Å². The lowest BCUT2D eigenvalue weighted by molar-refractivity contribution is 0.0693. The van der Waals surface area contributed by atoms with Crippen LogP contribution in [0.2, 0.25) is 0 Å². The maximum atomic E-state index is 12.5. The third kappa shape index (κ3) is 3.28. The lowest BCUT2D eigenvalue weighted by atomic mass is 10.1. The summed E-state index contributed by atoms with van der Waals surface area (Å²) in [5.74, 6) is -0.0584. The number of phenolic OH excluding ortho intramolecular Hbond substituents is 1. The van der Waals surface area contributed by atoms with E-state index in [0.717, 1.165) is 30.5 Å². The van der Waals surface area contributed by atoms with Gasteiger partial charge in [-0.1, -0.05) is 15.9 Å². The molecule has 0 aromatic heterocycles. The van der Waals surface area contributed by atoms with Gasteiger partial charge in [0.2, 0.25) is 0 Å². The Morgan fingerprint density at radius 1 is 1.42 bits per heavy atom. The molecule has 1 aliphatic rings. The van der Waals surface area contributed by atoms with Crippen molar-refractivity contribution in [2.75, 3.05) is 26.7 Å². The fourth-order valence-electron chi connectivity index (χ4n) is 2.51. The van der Waals surface area contributed by atoms with E-state index in [-0.39, 0.29) is 17.7 Å². The molecule has 1 saturated heterocycles. The van der Waals surface area contributed by atoms with Crippen LogP contribution < -0.4 is 0 Å². The minimum Gasteiger partial charge on any atom is -0.507 e. The zero-order chi connectivity index (χ0) is 14.0. The molecular weight excluding hydrogens is 308 g/mol. The molecule has 1 aromatic carbocycles. The monoisotopic (exact) mass is 326 g/mol. The zero-order valence-electron chi connectivity index (χ0n) is 11.3. The van der Waals surface area contributed by atoms with E-state index in [1.54, 1.807) is 18.2 Å². The number of hydrogen-bond donors (Lipinski definition) is 1. The van der Waals surface area contributed by atoms with Crippen LogP contribution in [0.15, 0.2) is 22.7 Å². The highest BCUT2D eigenvalue weighted by atomic mass is 79.9. The highest BCUT2D eigenvalue weighted by Crippen LogP contribution is 2.24. The average Bonchev–Trinajstić information content (AvgIpc) is 2.49. The number of hydrogen-bond acceptors (Lipinski definition) is 3. The first-order valence-electron chi connectivity index (χ1n) is 6.47. The van der Waals surface area contributed by atoms with Crippen molar-refractivity contribution in [3.63, 3.8) is 0 Å². The molecule has 1 heterocycles. The van der Waals surface area contributed by atoms with Crippen LogP contribution in [0.3, 0.4) is 0 Å². The molecule has 1 fully saturated rings. The van der Waals surface area contributed by atoms with Gasteiger partial charge >= 0.3 is 0 Å². The lowest BCUT2D eigenvalue weighted by Crippen LogP contribution is -2.42. The van der Waals surface area contributed by atoms with Crippen molar-refractivity contribution in [2.24, 2.45) is 0 Å². The largest absolute Gasteiger partial charge is 0.507 e. The predicted octanol–water partition coefficient (Wildman–Crippen LogP) is 2.32. The highest BCUT2D eigenvalue weighted by Gasteiger charge is 2.26. The summed E-state index contributed by atoms with van der Waals surface area (Å²) in [5, 5.41) is 9.91. The van der Waals surface area contributed by atoms with Crippen LogP contribution in [0.5, 0.6) is 5.75 Å². The topological polar surface area (TPSA) is 43.8 Å². The van der Waals surface area contributed by atoms with Gasteiger partial charge in [0.25, 0.3) is 5.91 Å². The van der Waals surface area contributed by atoms with Crippen LogP contribution in [0, 0.1) is 0 Å². The third-order valence-electron chi connectivity index (χ3n) is 3.50. The number of nitrogens with zero attached hydrogens (tertiary/aromatic N) is 2. The van der Waals surface area contributed by atoms with E-state index in [2.05, 4.69) is 34.8 Å². The second kappa shape index (κ2) is 5.92. The highest BCUT2D eigenvalue weighted by molar-refractivity contribution is 9.10. The van der Waals surface area contributed by atoms with Crippen LogP contribution >= 0.6 is 15.9 Å². The van der Waals surface area contributed by atoms with E-state index in [1.807, 2.05) is 4.90 Å². The normalized spacial score (nSPS) is 21.2. The molecule has 104 valence electrons. The van der Waals surface area contributed by atoms with Crippen LogP contribution in [-0.2, 0) is 0 Å². The number of phenols is 1. The summed E-state index contributed by atoms with van der Waals surface area (Å²) in [5.41, 5.74) is 0.375. The fraction of sp³-hybridized carbons (Fsp3) is 0.500. The van der Waals surface area contributed by atoms with E-state index < -0.39 is 0 Å². The van der Waals surface area contributed by atoms with E-state index in [0.29, 0.717) is 5.56 Å². The van der Waals surface area contributed by atoms with Crippen LogP contribution in [0.25, 0.3) is 0 Å². The van der Waals surface area contributed by atoms with Crippen LogP contribution in [0.4, 0.5) is 0 Å². The van der Waals surface area contributed by atoms with Crippen molar-refractivity contribution < 1.29 is 9.90 Å². The first-order chi connectivity index (χ1) is 8.99. The molecule has 1 aromatic rings. The Morgan fingerprint density at radius 2 is 2.16 bits per heavy atom. The second-order valence-electron chi connectivity index (χ2n) is 5.12. The first-order valence-corrected chi connectivity index (χ1v) is 7.26. The standard InChI is InChI=1S/C14H19BrN2O2/c1-10-9-16(2)6-3-7-17(10)14(19)12-5-4-11(15)8-13(12)18/h4-5,8,10,18H,3,6-7,9H2,1-2H3. The number of carbonyl (C=O) groups is 1. The third-order valence-corrected chi connectivity index (χ3v) is 3.99. The van der Waals surface area contributed by atoms with Gasteiger partial charge in [-0.2, -0.15) is 0 Å². The van der Waals surface area contributed by atoms with E-state index >= 15 is 0 Å². The van der Waals surface area contributed by atoms with Crippen molar-refractivity contribution in [3.8, 4) is 5.75 Å². The summed E-state index contributed by atoms with van der Waals surface area (Å²) >= 11 is 3.28. The Kier molecular flexibility index (Phi) is 4.47. The molecule has 1 N–H and O–H groups in total. The lowest BCUT2D eigenvalue weighted by Gasteiger charge is -2.28. The summed E-state index contributed by atoms with van der Waals surface area (Å²) in [6.45, 7) is 4.65. The molecule has 0 saturated carbocycles. The van der Waals surface area contributed by atoms with E-state index in [9.17, 15) is 9.90 Å². The first kappa shape index (κ1) is 14.3. The Balaban J connectivity index is 2.22. The van der Waals surface area contributed by atoms with Crippen molar-refractivity contribution in [2.45, 2.75) is 19.4 Å². The molecule has 1 amide bonds. The number of aromatic hydroxyl groups is 1. The molecular formula is C14H19BrN2O2. The number of benzene rings is 1. The average molecular weight is 327 g/mol. The molecule has 1 aliphatic heterocycles. The minimum atomic E-state index is -0.0900. The fourth-order valence-corrected chi connectivity index (χ4v) is 2.86. The molecule has 5 heteroatoms. The molecule has 0 radical (unpaired) electrons. The smallest absolute Gasteiger partial charge is 0.257 e. The number of likely N-dealkylation sites (N-methyl/N-ethyl adjacent to an activating group) is 1. The zero-order valence-corrected chi connectivity index (χ0v) is 12.9. The SMILES string of the molecule is CC1CN(C)CCCN1C(=O)c1ccc(Br)cc1O. The van der Waals surface area contributed by atoms with Crippen LogP contribution in [-0.4, -0.2) is 53.5 Å². The van der Waals surface area contributed by atoms with Crippen molar-refractivity contribution in [3.05, 3.63) is 28.2 Å². The molecule has 0 spiro atoms. The van der Waals surface area contributed by atoms with Crippen molar-refractivity contribution >= 4 is 21.8 Å². The summed E-state index contributed by atoms with van der Waals surface area (Å²) in [4.78, 5) is 16.6. The summed E-state index contributed by atoms with van der Waals surface area (Å²) in [6.07, 6.45) is 0.962. The Labute approximate surface area is 122 Å².